The van der Waals surface area contributed by atoms with Crippen LogP contribution in [0.1, 0.15) is 13.3 Å². The molecule has 0 bridgehead atoms. The van der Waals surface area contributed by atoms with E-state index >= 15 is 0 Å². The maximum absolute atomic E-state index is 13.0. The summed E-state index contributed by atoms with van der Waals surface area (Å²) in [7, 11) is 0. The van der Waals surface area contributed by atoms with Gasteiger partial charge in [0.2, 0.25) is 5.91 Å². The third-order valence-electron chi connectivity index (χ3n) is 4.33. The van der Waals surface area contributed by atoms with Crippen LogP contribution < -0.4 is 5.32 Å². The predicted molar refractivity (Wildman–Crippen MR) is 92.9 cm³/mol. The smallest absolute Gasteiger partial charge is 0.310 e. The molecule has 0 radical (unpaired) electrons. The van der Waals surface area contributed by atoms with E-state index in [9.17, 15) is 19.1 Å². The quantitative estimate of drug-likeness (QED) is 0.853. The normalized spacial score (nSPS) is 20.6. The third-order valence-corrected chi connectivity index (χ3v) is 5.08. The Morgan fingerprint density at radius 2 is 2.12 bits per heavy atom. The topological polar surface area (TPSA) is 82.5 Å². The summed E-state index contributed by atoms with van der Waals surface area (Å²) in [4.78, 5) is 29.6. The number of nitrogens with one attached hydrogen (secondary N) is 1. The molecule has 2 aromatic rings. The van der Waals surface area contributed by atoms with E-state index in [0.717, 1.165) is 5.56 Å². The minimum atomic E-state index is -0.834. The molecule has 2 heterocycles. The second-order valence-electron chi connectivity index (χ2n) is 6.42. The SMILES string of the molecule is CC1(C(=O)O)CCN(CC(=O)Nc2nc(-c3ccc(F)cc3)cs2)C1. The van der Waals surface area contributed by atoms with Crippen molar-refractivity contribution >= 4 is 28.3 Å². The fourth-order valence-corrected chi connectivity index (χ4v) is 3.55. The van der Waals surface area contributed by atoms with Gasteiger partial charge in [-0.25, -0.2) is 9.37 Å². The number of nitrogens with zero attached hydrogens (tertiary/aromatic N) is 2. The summed E-state index contributed by atoms with van der Waals surface area (Å²) in [6.07, 6.45) is 0.529. The van der Waals surface area contributed by atoms with Crippen molar-refractivity contribution < 1.29 is 19.1 Å². The molecule has 0 saturated carbocycles. The first-order valence-corrected chi connectivity index (χ1v) is 8.71. The van der Waals surface area contributed by atoms with Crippen LogP contribution in [0.25, 0.3) is 11.3 Å². The molecule has 1 aliphatic heterocycles. The molecule has 1 aliphatic rings. The highest BCUT2D eigenvalue weighted by Gasteiger charge is 2.40. The molecule has 6 nitrogen and oxygen atoms in total. The van der Waals surface area contributed by atoms with E-state index in [4.69, 9.17) is 0 Å². The average molecular weight is 363 g/mol. The molecular weight excluding hydrogens is 345 g/mol. The van der Waals surface area contributed by atoms with Crippen LogP contribution in [0, 0.1) is 11.2 Å². The number of carbonyl (C=O) groups excluding carboxylic acids is 1. The van der Waals surface area contributed by atoms with E-state index in [1.165, 1.54) is 23.5 Å². The van der Waals surface area contributed by atoms with Gasteiger partial charge in [0.15, 0.2) is 5.13 Å². The Balaban J connectivity index is 1.57. The van der Waals surface area contributed by atoms with Crippen LogP contribution in [0.15, 0.2) is 29.6 Å². The minimum absolute atomic E-state index is 0.133. The van der Waals surface area contributed by atoms with Crippen molar-refractivity contribution in [1.29, 1.82) is 0 Å². The minimum Gasteiger partial charge on any atom is -0.481 e. The van der Waals surface area contributed by atoms with E-state index in [-0.39, 0.29) is 18.3 Å². The fraction of sp³-hybridized carbons (Fsp3) is 0.353. The molecule has 1 unspecified atom stereocenters. The standard InChI is InChI=1S/C17H18FN3O3S/c1-17(15(23)24)6-7-21(10-17)8-14(22)20-16-19-13(9-25-16)11-2-4-12(18)5-3-11/h2-5,9H,6-8,10H2,1H3,(H,23,24)(H,19,20,22). The number of amides is 1. The number of carboxylic acid groups (broad SMARTS) is 1. The van der Waals surface area contributed by atoms with Crippen molar-refractivity contribution in [2.24, 2.45) is 5.41 Å². The van der Waals surface area contributed by atoms with Gasteiger partial charge in [-0.15, -0.1) is 11.3 Å². The van der Waals surface area contributed by atoms with Crippen LogP contribution >= 0.6 is 11.3 Å². The molecule has 1 aromatic heterocycles. The van der Waals surface area contributed by atoms with Crippen molar-refractivity contribution in [3.8, 4) is 11.3 Å². The second-order valence-corrected chi connectivity index (χ2v) is 7.28. The average Bonchev–Trinajstić information content (AvgIpc) is 3.16. The van der Waals surface area contributed by atoms with Crippen molar-refractivity contribution in [3.05, 3.63) is 35.5 Å². The Kier molecular flexibility index (Phi) is 4.82. The number of carbonyl (C=O) groups is 2. The van der Waals surface area contributed by atoms with E-state index < -0.39 is 11.4 Å². The maximum atomic E-state index is 13.0. The highest BCUT2D eigenvalue weighted by atomic mass is 32.1. The van der Waals surface area contributed by atoms with Crippen LogP contribution in [-0.4, -0.2) is 46.5 Å². The summed E-state index contributed by atoms with van der Waals surface area (Å²) in [5.74, 6) is -1.37. The van der Waals surface area contributed by atoms with E-state index in [1.807, 2.05) is 4.90 Å². The molecule has 1 saturated heterocycles. The molecule has 132 valence electrons. The first-order valence-electron chi connectivity index (χ1n) is 7.83. The number of benzene rings is 1. The van der Waals surface area contributed by atoms with Crippen LogP contribution in [0.3, 0.4) is 0 Å². The summed E-state index contributed by atoms with van der Waals surface area (Å²) in [6.45, 7) is 2.76. The number of hydrogen-bond donors (Lipinski definition) is 2. The van der Waals surface area contributed by atoms with Crippen molar-refractivity contribution in [3.63, 3.8) is 0 Å². The van der Waals surface area contributed by atoms with Crippen molar-refractivity contribution in [2.75, 3.05) is 25.0 Å². The Labute approximate surface area is 148 Å². The number of likely N-dealkylation sites (tertiary alicyclic amines) is 1. The number of thiazole rings is 1. The second kappa shape index (κ2) is 6.89. The lowest BCUT2D eigenvalue weighted by Gasteiger charge is -2.19. The van der Waals surface area contributed by atoms with Gasteiger partial charge in [0.05, 0.1) is 17.7 Å². The number of carboxylic acids is 1. The molecule has 0 spiro atoms. The summed E-state index contributed by atoms with van der Waals surface area (Å²) in [5.41, 5.74) is 0.645. The Bertz CT molecular complexity index is 793. The van der Waals surface area contributed by atoms with Gasteiger partial charge in [-0.3, -0.25) is 14.5 Å². The molecule has 2 N–H and O–H groups in total. The van der Waals surface area contributed by atoms with Crippen LogP contribution in [0.5, 0.6) is 0 Å². The number of rotatable bonds is 5. The molecular formula is C17H18FN3O3S. The zero-order chi connectivity index (χ0) is 18.0. The van der Waals surface area contributed by atoms with E-state index in [1.54, 1.807) is 24.4 Å². The Hall–Kier alpha value is -2.32. The zero-order valence-electron chi connectivity index (χ0n) is 13.7. The summed E-state index contributed by atoms with van der Waals surface area (Å²) in [6, 6.07) is 5.99. The summed E-state index contributed by atoms with van der Waals surface area (Å²) in [5, 5.41) is 14.2. The van der Waals surface area contributed by atoms with Crippen molar-refractivity contribution in [1.82, 2.24) is 9.88 Å². The molecule has 1 aromatic carbocycles. The predicted octanol–water partition coefficient (Wildman–Crippen LogP) is 2.68. The lowest BCUT2D eigenvalue weighted by atomic mass is 9.90. The first-order chi connectivity index (χ1) is 11.9. The molecule has 1 atom stereocenters. The molecule has 25 heavy (non-hydrogen) atoms. The zero-order valence-corrected chi connectivity index (χ0v) is 14.5. The molecule has 3 rings (SSSR count). The van der Waals surface area contributed by atoms with E-state index in [2.05, 4.69) is 10.3 Å². The highest BCUT2D eigenvalue weighted by Crippen LogP contribution is 2.30. The fourth-order valence-electron chi connectivity index (χ4n) is 2.81. The van der Waals surface area contributed by atoms with Crippen molar-refractivity contribution in [2.45, 2.75) is 13.3 Å². The monoisotopic (exact) mass is 363 g/mol. The molecule has 8 heteroatoms. The van der Waals surface area contributed by atoms with Gasteiger partial charge in [0.25, 0.3) is 0 Å². The lowest BCUT2D eigenvalue weighted by molar-refractivity contribution is -0.147. The summed E-state index contributed by atoms with van der Waals surface area (Å²) >= 11 is 1.29. The number of anilines is 1. The van der Waals surface area contributed by atoms with Gasteiger partial charge in [-0.05, 0) is 44.2 Å². The lowest BCUT2D eigenvalue weighted by Crippen LogP contribution is -2.35. The highest BCUT2D eigenvalue weighted by molar-refractivity contribution is 7.14. The summed E-state index contributed by atoms with van der Waals surface area (Å²) < 4.78 is 13.0. The van der Waals surface area contributed by atoms with Crippen LogP contribution in [0.4, 0.5) is 9.52 Å². The molecule has 0 aliphatic carbocycles. The number of halogens is 1. The van der Waals surface area contributed by atoms with Gasteiger partial charge in [0.1, 0.15) is 5.82 Å². The van der Waals surface area contributed by atoms with Gasteiger partial charge >= 0.3 is 5.97 Å². The third kappa shape index (κ3) is 4.02. The van der Waals surface area contributed by atoms with Gasteiger partial charge in [-0.2, -0.15) is 0 Å². The molecule has 1 fully saturated rings. The first kappa shape index (κ1) is 17.5. The van der Waals surface area contributed by atoms with E-state index in [0.29, 0.717) is 30.3 Å². The Morgan fingerprint density at radius 1 is 1.40 bits per heavy atom. The largest absolute Gasteiger partial charge is 0.481 e. The van der Waals surface area contributed by atoms with Gasteiger partial charge < -0.3 is 10.4 Å². The Morgan fingerprint density at radius 3 is 2.76 bits per heavy atom. The maximum Gasteiger partial charge on any atom is 0.310 e. The number of hydrogen-bond acceptors (Lipinski definition) is 5. The van der Waals surface area contributed by atoms with Gasteiger partial charge in [-0.1, -0.05) is 0 Å². The van der Waals surface area contributed by atoms with Crippen LogP contribution in [0.2, 0.25) is 0 Å². The van der Waals surface area contributed by atoms with Crippen LogP contribution in [-0.2, 0) is 9.59 Å². The number of aliphatic carboxylic acids is 1. The number of aromatic nitrogens is 1. The van der Waals surface area contributed by atoms with Gasteiger partial charge in [0, 0.05) is 17.5 Å². The molecule has 1 amide bonds.